The average Bonchev–Trinajstić information content (AvgIpc) is 2.29. The molecule has 3 heteroatoms. The fourth-order valence-corrected chi connectivity index (χ4v) is 1.53. The van der Waals surface area contributed by atoms with Crippen LogP contribution >= 0.6 is 11.6 Å². The first kappa shape index (κ1) is 12.3. The molecule has 1 N–H and O–H groups in total. The zero-order valence-electron chi connectivity index (χ0n) is 9.29. The second-order valence-corrected chi connectivity index (χ2v) is 3.87. The molecule has 84 valence electrons. The van der Waals surface area contributed by atoms with Crippen molar-refractivity contribution in [3.05, 3.63) is 29.8 Å². The highest BCUT2D eigenvalue weighted by Crippen LogP contribution is 2.16. The molecule has 0 fully saturated rings. The first-order chi connectivity index (χ1) is 7.27. The molecule has 0 saturated carbocycles. The maximum atomic E-state index is 5.61. The molecule has 2 nitrogen and oxygen atoms in total. The van der Waals surface area contributed by atoms with E-state index in [9.17, 15) is 0 Å². The van der Waals surface area contributed by atoms with Gasteiger partial charge in [0.15, 0.2) is 0 Å². The fourth-order valence-electron chi connectivity index (χ4n) is 1.40. The molecule has 0 spiro atoms. The molecule has 0 radical (unpaired) electrons. The first-order valence-electron chi connectivity index (χ1n) is 5.21. The highest BCUT2D eigenvalue weighted by Gasteiger charge is 2.03. The van der Waals surface area contributed by atoms with Gasteiger partial charge in [-0.3, -0.25) is 0 Å². The van der Waals surface area contributed by atoms with Gasteiger partial charge in [0.1, 0.15) is 5.75 Å². The van der Waals surface area contributed by atoms with Gasteiger partial charge in [-0.15, -0.1) is 11.6 Å². The van der Waals surface area contributed by atoms with Crippen LogP contribution < -0.4 is 10.1 Å². The summed E-state index contributed by atoms with van der Waals surface area (Å²) in [6, 6.07) is 8.48. The lowest BCUT2D eigenvalue weighted by molar-refractivity contribution is 0.414. The van der Waals surface area contributed by atoms with Crippen LogP contribution in [0.25, 0.3) is 0 Å². The molecule has 0 bridgehead atoms. The van der Waals surface area contributed by atoms with Gasteiger partial charge in [-0.1, -0.05) is 12.1 Å². The van der Waals surface area contributed by atoms with Gasteiger partial charge >= 0.3 is 0 Å². The third-order valence-electron chi connectivity index (χ3n) is 2.38. The predicted octanol–water partition coefficient (Wildman–Crippen LogP) is 2.97. The molecule has 0 heterocycles. The van der Waals surface area contributed by atoms with Crippen molar-refractivity contribution in [2.45, 2.75) is 19.4 Å². The van der Waals surface area contributed by atoms with E-state index in [0.29, 0.717) is 11.9 Å². The van der Waals surface area contributed by atoms with E-state index >= 15 is 0 Å². The second kappa shape index (κ2) is 6.70. The lowest BCUT2D eigenvalue weighted by Gasteiger charge is -2.14. The number of rotatable bonds is 6. The maximum absolute atomic E-state index is 5.61. The van der Waals surface area contributed by atoms with E-state index in [1.165, 1.54) is 5.56 Å². The van der Waals surface area contributed by atoms with E-state index in [2.05, 4.69) is 24.4 Å². The van der Waals surface area contributed by atoms with E-state index in [1.807, 2.05) is 12.1 Å². The van der Waals surface area contributed by atoms with Crippen LogP contribution in [0.5, 0.6) is 5.75 Å². The minimum Gasteiger partial charge on any atom is -0.497 e. The zero-order chi connectivity index (χ0) is 11.1. The van der Waals surface area contributed by atoms with Crippen LogP contribution in [0, 0.1) is 0 Å². The molecule has 1 aromatic rings. The largest absolute Gasteiger partial charge is 0.497 e. The van der Waals surface area contributed by atoms with Gasteiger partial charge in [0.2, 0.25) is 0 Å². The van der Waals surface area contributed by atoms with Crippen molar-refractivity contribution in [1.82, 2.24) is 5.32 Å². The maximum Gasteiger partial charge on any atom is 0.118 e. The molecule has 0 amide bonds. The van der Waals surface area contributed by atoms with Crippen LogP contribution in [0.3, 0.4) is 0 Å². The SMILES string of the molecule is COc1ccc([C@@H](C)NCCCCl)cc1. The third kappa shape index (κ3) is 4.10. The summed E-state index contributed by atoms with van der Waals surface area (Å²) in [4.78, 5) is 0. The molecule has 0 unspecified atom stereocenters. The van der Waals surface area contributed by atoms with Crippen LogP contribution in [0.4, 0.5) is 0 Å². The number of nitrogens with one attached hydrogen (secondary N) is 1. The number of hydrogen-bond donors (Lipinski definition) is 1. The Morgan fingerprint density at radius 1 is 1.33 bits per heavy atom. The molecular weight excluding hydrogens is 210 g/mol. The molecule has 1 atom stereocenters. The van der Waals surface area contributed by atoms with E-state index < -0.39 is 0 Å². The lowest BCUT2D eigenvalue weighted by atomic mass is 10.1. The molecule has 0 aromatic heterocycles. The number of methoxy groups -OCH3 is 1. The minimum absolute atomic E-state index is 0.360. The van der Waals surface area contributed by atoms with Crippen molar-refractivity contribution in [3.63, 3.8) is 0 Å². The van der Waals surface area contributed by atoms with Crippen molar-refractivity contribution < 1.29 is 4.74 Å². The van der Waals surface area contributed by atoms with Crippen LogP contribution in [0.2, 0.25) is 0 Å². The molecule has 1 rings (SSSR count). The second-order valence-electron chi connectivity index (χ2n) is 3.49. The monoisotopic (exact) mass is 227 g/mol. The Labute approximate surface area is 96.6 Å². The summed E-state index contributed by atoms with van der Waals surface area (Å²) in [6.45, 7) is 3.10. The third-order valence-corrected chi connectivity index (χ3v) is 2.64. The van der Waals surface area contributed by atoms with Crippen molar-refractivity contribution in [2.24, 2.45) is 0 Å². The van der Waals surface area contributed by atoms with Gasteiger partial charge in [0.25, 0.3) is 0 Å². The Kier molecular flexibility index (Phi) is 5.51. The van der Waals surface area contributed by atoms with Gasteiger partial charge in [-0.25, -0.2) is 0 Å². The summed E-state index contributed by atoms with van der Waals surface area (Å²) in [6.07, 6.45) is 1.00. The normalized spacial score (nSPS) is 12.5. The van der Waals surface area contributed by atoms with Crippen molar-refractivity contribution in [1.29, 1.82) is 0 Å². The molecule has 0 aliphatic rings. The average molecular weight is 228 g/mol. The van der Waals surface area contributed by atoms with Gasteiger partial charge < -0.3 is 10.1 Å². The minimum atomic E-state index is 0.360. The van der Waals surface area contributed by atoms with Crippen molar-refractivity contribution in [2.75, 3.05) is 19.5 Å². The molecule has 0 aliphatic carbocycles. The van der Waals surface area contributed by atoms with Gasteiger partial charge in [0.05, 0.1) is 7.11 Å². The number of ether oxygens (including phenoxy) is 1. The summed E-state index contributed by atoms with van der Waals surface area (Å²) in [5.41, 5.74) is 1.27. The Morgan fingerprint density at radius 2 is 2.00 bits per heavy atom. The van der Waals surface area contributed by atoms with Crippen LogP contribution in [0.1, 0.15) is 24.9 Å². The van der Waals surface area contributed by atoms with Gasteiger partial charge in [-0.05, 0) is 37.6 Å². The standard InChI is InChI=1S/C12H18ClNO/c1-10(14-9-3-8-13)11-4-6-12(15-2)7-5-11/h4-7,10,14H,3,8-9H2,1-2H3/t10-/m1/s1. The molecule has 1 aromatic carbocycles. The van der Waals surface area contributed by atoms with Crippen LogP contribution in [0.15, 0.2) is 24.3 Å². The quantitative estimate of drug-likeness (QED) is 0.596. The number of alkyl halides is 1. The van der Waals surface area contributed by atoms with Crippen LogP contribution in [-0.2, 0) is 0 Å². The highest BCUT2D eigenvalue weighted by atomic mass is 35.5. The lowest BCUT2D eigenvalue weighted by Crippen LogP contribution is -2.20. The van der Waals surface area contributed by atoms with Crippen LogP contribution in [-0.4, -0.2) is 19.5 Å². The highest BCUT2D eigenvalue weighted by molar-refractivity contribution is 6.17. The Morgan fingerprint density at radius 3 is 2.53 bits per heavy atom. The van der Waals surface area contributed by atoms with E-state index in [1.54, 1.807) is 7.11 Å². The molecule has 0 aliphatic heterocycles. The Balaban J connectivity index is 2.46. The summed E-state index contributed by atoms with van der Waals surface area (Å²) >= 11 is 5.61. The van der Waals surface area contributed by atoms with E-state index in [4.69, 9.17) is 16.3 Å². The van der Waals surface area contributed by atoms with Gasteiger partial charge in [-0.2, -0.15) is 0 Å². The summed E-state index contributed by atoms with van der Waals surface area (Å²) < 4.78 is 5.11. The molecular formula is C12H18ClNO. The van der Waals surface area contributed by atoms with Gasteiger partial charge in [0, 0.05) is 11.9 Å². The summed E-state index contributed by atoms with van der Waals surface area (Å²) in [5.74, 6) is 1.61. The zero-order valence-corrected chi connectivity index (χ0v) is 10.1. The topological polar surface area (TPSA) is 21.3 Å². The summed E-state index contributed by atoms with van der Waals surface area (Å²) in [7, 11) is 1.68. The Hall–Kier alpha value is -0.730. The molecule has 15 heavy (non-hydrogen) atoms. The smallest absolute Gasteiger partial charge is 0.118 e. The predicted molar refractivity (Wildman–Crippen MR) is 64.7 cm³/mol. The Bertz CT molecular complexity index is 273. The number of benzene rings is 1. The number of halogens is 1. The van der Waals surface area contributed by atoms with E-state index in [-0.39, 0.29) is 0 Å². The summed E-state index contributed by atoms with van der Waals surface area (Å²) in [5, 5.41) is 3.41. The first-order valence-corrected chi connectivity index (χ1v) is 5.74. The number of hydrogen-bond acceptors (Lipinski definition) is 2. The van der Waals surface area contributed by atoms with Crippen molar-refractivity contribution in [3.8, 4) is 5.75 Å². The van der Waals surface area contributed by atoms with Crippen molar-refractivity contribution >= 4 is 11.6 Å². The van der Waals surface area contributed by atoms with E-state index in [0.717, 1.165) is 18.7 Å². The molecule has 0 saturated heterocycles. The fraction of sp³-hybridized carbons (Fsp3) is 0.500.